The van der Waals surface area contributed by atoms with Gasteiger partial charge in [-0.25, -0.2) is 9.97 Å². The molecule has 0 fully saturated rings. The van der Waals surface area contributed by atoms with Gasteiger partial charge in [-0.1, -0.05) is 0 Å². The first-order valence-corrected chi connectivity index (χ1v) is 6.17. The zero-order valence-electron chi connectivity index (χ0n) is 11.8. The minimum atomic E-state index is -0.196. The Morgan fingerprint density at radius 3 is 2.60 bits per heavy atom. The Balaban J connectivity index is 2.33. The smallest absolute Gasteiger partial charge is 0.217 e. The summed E-state index contributed by atoms with van der Waals surface area (Å²) in [6, 6.07) is 0. The van der Waals surface area contributed by atoms with E-state index in [1.165, 1.54) is 25.8 Å². The van der Waals surface area contributed by atoms with Crippen molar-refractivity contribution in [2.24, 2.45) is 0 Å². The molecule has 0 N–H and O–H groups in total. The zero-order chi connectivity index (χ0) is 14.5. The lowest BCUT2D eigenvalue weighted by atomic mass is 10.1. The minimum Gasteiger partial charge on any atom is -0.493 e. The van der Waals surface area contributed by atoms with E-state index < -0.39 is 0 Å². The van der Waals surface area contributed by atoms with Crippen LogP contribution in [0.5, 0.6) is 5.75 Å². The average molecular weight is 275 g/mol. The third-order valence-electron chi connectivity index (χ3n) is 2.82. The fourth-order valence-electron chi connectivity index (χ4n) is 1.76. The van der Waals surface area contributed by atoms with E-state index >= 15 is 0 Å². The van der Waals surface area contributed by atoms with E-state index in [-0.39, 0.29) is 5.78 Å². The molecule has 0 saturated heterocycles. The van der Waals surface area contributed by atoms with Gasteiger partial charge in [0.15, 0.2) is 11.4 Å². The Labute approximate surface area is 117 Å². The van der Waals surface area contributed by atoms with Gasteiger partial charge in [0.1, 0.15) is 6.33 Å². The third-order valence-corrected chi connectivity index (χ3v) is 2.82. The number of aromatic nitrogens is 4. The fourth-order valence-corrected chi connectivity index (χ4v) is 1.76. The Morgan fingerprint density at radius 1 is 1.30 bits per heavy atom. The molecule has 0 amide bonds. The molecule has 7 heteroatoms. The van der Waals surface area contributed by atoms with Crippen LogP contribution in [0.15, 0.2) is 24.9 Å². The lowest BCUT2D eigenvalue weighted by Crippen LogP contribution is -2.22. The van der Waals surface area contributed by atoms with Crippen molar-refractivity contribution in [1.29, 1.82) is 0 Å². The summed E-state index contributed by atoms with van der Waals surface area (Å²) < 4.78 is 6.86. The van der Waals surface area contributed by atoms with Gasteiger partial charge in [0, 0.05) is 18.9 Å². The fraction of sp³-hybridized carbons (Fsp3) is 0.385. The summed E-state index contributed by atoms with van der Waals surface area (Å²) in [5.74, 6) is 0.260. The zero-order valence-corrected chi connectivity index (χ0v) is 11.8. The van der Waals surface area contributed by atoms with Crippen LogP contribution in [-0.4, -0.2) is 58.2 Å². The minimum absolute atomic E-state index is 0.196. The molecule has 0 aliphatic rings. The Hall–Kier alpha value is -2.28. The number of rotatable bonds is 6. The normalized spacial score (nSPS) is 10.8. The average Bonchev–Trinajstić information content (AvgIpc) is 2.88. The van der Waals surface area contributed by atoms with Crippen molar-refractivity contribution in [3.8, 4) is 5.75 Å². The van der Waals surface area contributed by atoms with E-state index in [1.54, 1.807) is 10.9 Å². The molecular weight excluding hydrogens is 258 g/mol. The van der Waals surface area contributed by atoms with Crippen LogP contribution < -0.4 is 4.74 Å². The first-order chi connectivity index (χ1) is 9.63. The van der Waals surface area contributed by atoms with Crippen LogP contribution in [-0.2, 0) is 6.54 Å². The monoisotopic (exact) mass is 275 g/mol. The highest BCUT2D eigenvalue weighted by Crippen LogP contribution is 2.20. The van der Waals surface area contributed by atoms with Crippen LogP contribution >= 0.6 is 0 Å². The summed E-state index contributed by atoms with van der Waals surface area (Å²) in [4.78, 5) is 22.3. The van der Waals surface area contributed by atoms with Gasteiger partial charge in [-0.3, -0.25) is 9.48 Å². The van der Waals surface area contributed by atoms with Gasteiger partial charge >= 0.3 is 0 Å². The number of ketones is 1. The van der Waals surface area contributed by atoms with Gasteiger partial charge in [0.2, 0.25) is 5.78 Å². The molecule has 0 aromatic carbocycles. The summed E-state index contributed by atoms with van der Waals surface area (Å²) in [5.41, 5.74) is 0.835. The van der Waals surface area contributed by atoms with E-state index in [0.29, 0.717) is 23.6 Å². The van der Waals surface area contributed by atoms with Gasteiger partial charge in [0.25, 0.3) is 0 Å². The quantitative estimate of drug-likeness (QED) is 0.714. The number of carbonyl (C=O) groups is 1. The molecule has 0 unspecified atom stereocenters. The summed E-state index contributed by atoms with van der Waals surface area (Å²) >= 11 is 0. The second-order valence-electron chi connectivity index (χ2n) is 4.54. The Bertz CT molecular complexity index is 580. The molecule has 0 radical (unpaired) electrons. The molecule has 2 aromatic heterocycles. The first-order valence-electron chi connectivity index (χ1n) is 6.17. The van der Waals surface area contributed by atoms with Gasteiger partial charge in [-0.15, -0.1) is 0 Å². The third kappa shape index (κ3) is 3.00. The SMILES string of the molecule is COc1cnn(CCN(C)C)c1C(=O)c1cncnc1. The maximum absolute atomic E-state index is 12.5. The lowest BCUT2D eigenvalue weighted by molar-refractivity contribution is 0.102. The first kappa shape index (κ1) is 14.1. The lowest BCUT2D eigenvalue weighted by Gasteiger charge is -2.12. The largest absolute Gasteiger partial charge is 0.493 e. The highest BCUT2D eigenvalue weighted by Gasteiger charge is 2.21. The standard InChI is InChI=1S/C13H17N5O2/c1-17(2)4-5-18-12(11(20-3)8-16-18)13(19)10-6-14-9-15-7-10/h6-9H,4-5H2,1-3H3. The molecule has 20 heavy (non-hydrogen) atoms. The predicted octanol–water partition coefficient (Wildman–Crippen LogP) is 0.474. The van der Waals surface area contributed by atoms with Gasteiger partial charge in [0.05, 0.1) is 25.4 Å². The second kappa shape index (κ2) is 6.25. The molecule has 2 heterocycles. The molecule has 2 aromatic rings. The van der Waals surface area contributed by atoms with Crippen molar-refractivity contribution in [1.82, 2.24) is 24.6 Å². The molecule has 0 aliphatic carbocycles. The van der Waals surface area contributed by atoms with Crippen LogP contribution in [0.25, 0.3) is 0 Å². The molecule has 0 aliphatic heterocycles. The van der Waals surface area contributed by atoms with Gasteiger partial charge < -0.3 is 9.64 Å². The molecule has 0 spiro atoms. The number of hydrogen-bond acceptors (Lipinski definition) is 6. The molecule has 106 valence electrons. The van der Waals surface area contributed by atoms with Crippen molar-refractivity contribution < 1.29 is 9.53 Å². The van der Waals surface area contributed by atoms with E-state index in [0.717, 1.165) is 6.54 Å². The number of methoxy groups -OCH3 is 1. The number of carbonyl (C=O) groups excluding carboxylic acids is 1. The van der Waals surface area contributed by atoms with Crippen LogP contribution in [0.4, 0.5) is 0 Å². The van der Waals surface area contributed by atoms with Crippen molar-refractivity contribution >= 4 is 5.78 Å². The molecule has 7 nitrogen and oxygen atoms in total. The molecule has 0 atom stereocenters. The topological polar surface area (TPSA) is 73.1 Å². The summed E-state index contributed by atoms with van der Waals surface area (Å²) in [6.45, 7) is 1.38. The number of hydrogen-bond donors (Lipinski definition) is 0. The molecular formula is C13H17N5O2. The van der Waals surface area contributed by atoms with Crippen molar-refractivity contribution in [3.05, 3.63) is 36.2 Å². The molecule has 2 rings (SSSR count). The van der Waals surface area contributed by atoms with E-state index in [2.05, 4.69) is 15.1 Å². The second-order valence-corrected chi connectivity index (χ2v) is 4.54. The highest BCUT2D eigenvalue weighted by molar-refractivity contribution is 6.09. The van der Waals surface area contributed by atoms with Gasteiger partial charge in [-0.2, -0.15) is 5.10 Å². The molecule has 0 bridgehead atoms. The van der Waals surface area contributed by atoms with Gasteiger partial charge in [-0.05, 0) is 14.1 Å². The van der Waals surface area contributed by atoms with Crippen LogP contribution in [0.2, 0.25) is 0 Å². The molecule has 0 saturated carbocycles. The summed E-state index contributed by atoms with van der Waals surface area (Å²) in [6.07, 6.45) is 5.90. The number of likely N-dealkylation sites (N-methyl/N-ethyl adjacent to an activating group) is 1. The Kier molecular flexibility index (Phi) is 4.41. The van der Waals surface area contributed by atoms with Crippen molar-refractivity contribution in [3.63, 3.8) is 0 Å². The van der Waals surface area contributed by atoms with Crippen LogP contribution in [0.1, 0.15) is 16.1 Å². The van der Waals surface area contributed by atoms with Crippen LogP contribution in [0.3, 0.4) is 0 Å². The number of nitrogens with zero attached hydrogens (tertiary/aromatic N) is 5. The van der Waals surface area contributed by atoms with E-state index in [9.17, 15) is 4.79 Å². The maximum Gasteiger partial charge on any atom is 0.217 e. The predicted molar refractivity (Wildman–Crippen MR) is 72.8 cm³/mol. The summed E-state index contributed by atoms with van der Waals surface area (Å²) in [7, 11) is 5.45. The Morgan fingerprint density at radius 2 is 2.00 bits per heavy atom. The maximum atomic E-state index is 12.5. The van der Waals surface area contributed by atoms with E-state index in [1.807, 2.05) is 19.0 Å². The number of ether oxygens (including phenoxy) is 1. The van der Waals surface area contributed by atoms with Crippen molar-refractivity contribution in [2.45, 2.75) is 6.54 Å². The van der Waals surface area contributed by atoms with Crippen LogP contribution in [0, 0.1) is 0 Å². The van der Waals surface area contributed by atoms with E-state index in [4.69, 9.17) is 4.74 Å². The van der Waals surface area contributed by atoms with Crippen molar-refractivity contribution in [2.75, 3.05) is 27.7 Å². The summed E-state index contributed by atoms with van der Waals surface area (Å²) in [5, 5.41) is 4.21. The highest BCUT2D eigenvalue weighted by atomic mass is 16.5.